The van der Waals surface area contributed by atoms with Crippen LogP contribution in [-0.4, -0.2) is 17.7 Å². The molecular weight excluding hydrogens is 278 g/mol. The minimum absolute atomic E-state index is 0.565. The fourth-order valence-electron chi connectivity index (χ4n) is 2.51. The van der Waals surface area contributed by atoms with E-state index in [1.54, 1.807) is 7.11 Å². The van der Waals surface area contributed by atoms with E-state index >= 15 is 0 Å². The number of hydrogen-bond donors (Lipinski definition) is 2. The number of ether oxygens (including phenoxy) is 1. The highest BCUT2D eigenvalue weighted by atomic mass is 16.5. The smallest absolute Gasteiger partial charge is 0.316 e. The molecule has 2 amide bonds. The second-order valence-corrected chi connectivity index (χ2v) is 5.06. The zero-order valence-corrected chi connectivity index (χ0v) is 12.2. The van der Waals surface area contributed by atoms with Gasteiger partial charge in [0.15, 0.2) is 0 Å². The van der Waals surface area contributed by atoms with Gasteiger partial charge in [-0.05, 0) is 41.3 Å². The molecule has 5 nitrogen and oxygen atoms in total. The largest absolute Gasteiger partial charge is 0.497 e. The van der Waals surface area contributed by atoms with Crippen molar-refractivity contribution in [2.45, 2.75) is 6.54 Å². The highest BCUT2D eigenvalue weighted by molar-refractivity contribution is 5.91. The summed E-state index contributed by atoms with van der Waals surface area (Å²) in [5, 5.41) is 3.71. The molecule has 1 aromatic heterocycles. The number of methoxy groups -OCH3 is 1. The molecule has 3 aromatic rings. The molecular formula is C17H17N3O2. The summed E-state index contributed by atoms with van der Waals surface area (Å²) in [5.41, 5.74) is 8.03. The number of primary amides is 1. The summed E-state index contributed by atoms with van der Waals surface area (Å²) in [5.74, 6) is 0.838. The van der Waals surface area contributed by atoms with Crippen molar-refractivity contribution < 1.29 is 9.53 Å². The van der Waals surface area contributed by atoms with Crippen molar-refractivity contribution in [1.82, 2.24) is 4.57 Å². The molecule has 112 valence electrons. The van der Waals surface area contributed by atoms with Gasteiger partial charge in [-0.1, -0.05) is 18.2 Å². The average molecular weight is 295 g/mol. The van der Waals surface area contributed by atoms with E-state index < -0.39 is 6.03 Å². The lowest BCUT2D eigenvalue weighted by Crippen LogP contribution is -2.19. The molecule has 0 aliphatic rings. The fraction of sp³-hybridized carbons (Fsp3) is 0.118. The molecule has 0 aliphatic carbocycles. The van der Waals surface area contributed by atoms with Gasteiger partial charge in [0.05, 0.1) is 12.6 Å². The predicted octanol–water partition coefficient (Wildman–Crippen LogP) is 3.19. The number of nitrogens with one attached hydrogen (secondary N) is 1. The van der Waals surface area contributed by atoms with Gasteiger partial charge in [-0.15, -0.1) is 0 Å². The Labute approximate surface area is 128 Å². The number of amides is 2. The first-order valence-corrected chi connectivity index (χ1v) is 6.94. The number of rotatable bonds is 4. The lowest BCUT2D eigenvalue weighted by molar-refractivity contribution is 0.259. The zero-order valence-electron chi connectivity index (χ0n) is 12.2. The maximum Gasteiger partial charge on any atom is 0.316 e. The van der Waals surface area contributed by atoms with Gasteiger partial charge >= 0.3 is 6.03 Å². The average Bonchev–Trinajstić information content (AvgIpc) is 2.89. The first-order valence-electron chi connectivity index (χ1n) is 6.94. The number of anilines is 1. The van der Waals surface area contributed by atoms with Crippen molar-refractivity contribution >= 4 is 22.6 Å². The molecule has 0 bridgehead atoms. The topological polar surface area (TPSA) is 69.3 Å². The van der Waals surface area contributed by atoms with Crippen molar-refractivity contribution in [2.75, 3.05) is 12.4 Å². The Morgan fingerprint density at radius 3 is 2.86 bits per heavy atom. The molecule has 2 aromatic carbocycles. The number of aromatic nitrogens is 1. The van der Waals surface area contributed by atoms with Gasteiger partial charge in [-0.25, -0.2) is 4.79 Å². The Bertz CT molecular complexity index is 824. The van der Waals surface area contributed by atoms with E-state index in [-0.39, 0.29) is 0 Å². The standard InChI is InChI=1S/C17H17N3O2/c1-22-15-4-2-3-12(9-15)11-20-8-7-13-5-6-14(10-16(13)20)19-17(18)21/h2-10H,11H2,1H3,(H3,18,19,21). The number of carbonyl (C=O) groups excluding carboxylic acids is 1. The highest BCUT2D eigenvalue weighted by Gasteiger charge is 2.05. The molecule has 3 rings (SSSR count). The summed E-state index contributed by atoms with van der Waals surface area (Å²) in [6.45, 7) is 0.723. The summed E-state index contributed by atoms with van der Waals surface area (Å²) in [4.78, 5) is 11.0. The maximum absolute atomic E-state index is 11.0. The van der Waals surface area contributed by atoms with Crippen molar-refractivity contribution in [1.29, 1.82) is 0 Å². The third kappa shape index (κ3) is 2.88. The van der Waals surface area contributed by atoms with E-state index in [2.05, 4.69) is 16.0 Å². The Morgan fingerprint density at radius 2 is 2.09 bits per heavy atom. The molecule has 5 heteroatoms. The minimum atomic E-state index is -0.565. The van der Waals surface area contributed by atoms with E-state index in [4.69, 9.17) is 10.5 Å². The highest BCUT2D eigenvalue weighted by Crippen LogP contribution is 2.22. The molecule has 0 radical (unpaired) electrons. The molecule has 3 N–H and O–H groups in total. The molecule has 0 atom stereocenters. The minimum Gasteiger partial charge on any atom is -0.497 e. The van der Waals surface area contributed by atoms with Gasteiger partial charge in [0.1, 0.15) is 5.75 Å². The van der Waals surface area contributed by atoms with Gasteiger partial charge in [0, 0.05) is 18.4 Å². The number of urea groups is 1. The van der Waals surface area contributed by atoms with E-state index in [9.17, 15) is 4.79 Å². The monoisotopic (exact) mass is 295 g/mol. The molecule has 1 heterocycles. The van der Waals surface area contributed by atoms with Crippen LogP contribution in [0.1, 0.15) is 5.56 Å². The van der Waals surface area contributed by atoms with Crippen LogP contribution in [0.2, 0.25) is 0 Å². The third-order valence-corrected chi connectivity index (χ3v) is 3.53. The van der Waals surface area contributed by atoms with Crippen molar-refractivity contribution in [3.63, 3.8) is 0 Å². The fourth-order valence-corrected chi connectivity index (χ4v) is 2.51. The SMILES string of the molecule is COc1cccc(Cn2ccc3ccc(NC(N)=O)cc32)c1. The number of nitrogens with two attached hydrogens (primary N) is 1. The predicted molar refractivity (Wildman–Crippen MR) is 87.2 cm³/mol. The zero-order chi connectivity index (χ0) is 15.5. The van der Waals surface area contributed by atoms with Gasteiger partial charge in [-0.2, -0.15) is 0 Å². The normalized spacial score (nSPS) is 10.6. The Balaban J connectivity index is 1.94. The molecule has 0 unspecified atom stereocenters. The number of benzene rings is 2. The van der Waals surface area contributed by atoms with Crippen LogP contribution in [-0.2, 0) is 6.54 Å². The van der Waals surface area contributed by atoms with Crippen LogP contribution in [0.25, 0.3) is 10.9 Å². The van der Waals surface area contributed by atoms with Crippen molar-refractivity contribution in [3.8, 4) is 5.75 Å². The summed E-state index contributed by atoms with van der Waals surface area (Å²) >= 11 is 0. The van der Waals surface area contributed by atoms with E-state index in [1.807, 2.05) is 48.7 Å². The summed E-state index contributed by atoms with van der Waals surface area (Å²) in [6.07, 6.45) is 2.03. The van der Waals surface area contributed by atoms with Crippen molar-refractivity contribution in [2.24, 2.45) is 5.73 Å². The number of nitrogens with zero attached hydrogens (tertiary/aromatic N) is 1. The molecule has 0 saturated carbocycles. The number of carbonyl (C=O) groups is 1. The summed E-state index contributed by atoms with van der Waals surface area (Å²) in [6, 6.07) is 15.2. The van der Waals surface area contributed by atoms with Crippen LogP contribution < -0.4 is 15.8 Å². The van der Waals surface area contributed by atoms with E-state index in [0.717, 1.165) is 28.8 Å². The molecule has 0 saturated heterocycles. The van der Waals surface area contributed by atoms with Gasteiger partial charge in [0.2, 0.25) is 0 Å². The third-order valence-electron chi connectivity index (χ3n) is 3.53. The number of fused-ring (bicyclic) bond motifs is 1. The maximum atomic E-state index is 11.0. The second kappa shape index (κ2) is 5.81. The van der Waals surface area contributed by atoms with Crippen LogP contribution in [0.15, 0.2) is 54.7 Å². The summed E-state index contributed by atoms with van der Waals surface area (Å²) in [7, 11) is 1.66. The van der Waals surface area contributed by atoms with Gasteiger partial charge < -0.3 is 20.4 Å². The lowest BCUT2D eigenvalue weighted by atomic mass is 10.2. The Hall–Kier alpha value is -2.95. The Kier molecular flexibility index (Phi) is 3.70. The summed E-state index contributed by atoms with van der Waals surface area (Å²) < 4.78 is 7.38. The molecule has 0 fully saturated rings. The van der Waals surface area contributed by atoms with E-state index in [1.165, 1.54) is 0 Å². The molecule has 22 heavy (non-hydrogen) atoms. The second-order valence-electron chi connectivity index (χ2n) is 5.06. The van der Waals surface area contributed by atoms with Crippen LogP contribution in [0.3, 0.4) is 0 Å². The number of hydrogen-bond acceptors (Lipinski definition) is 2. The Morgan fingerprint density at radius 1 is 1.23 bits per heavy atom. The first-order chi connectivity index (χ1) is 10.7. The van der Waals surface area contributed by atoms with Crippen LogP contribution >= 0.6 is 0 Å². The first kappa shape index (κ1) is 14.0. The molecule has 0 spiro atoms. The lowest BCUT2D eigenvalue weighted by Gasteiger charge is -2.09. The van der Waals surface area contributed by atoms with E-state index in [0.29, 0.717) is 5.69 Å². The van der Waals surface area contributed by atoms with Crippen molar-refractivity contribution in [3.05, 3.63) is 60.3 Å². The van der Waals surface area contributed by atoms with Crippen LogP contribution in [0.5, 0.6) is 5.75 Å². The van der Waals surface area contributed by atoms with Gasteiger partial charge in [-0.3, -0.25) is 0 Å². The molecule has 0 aliphatic heterocycles. The van der Waals surface area contributed by atoms with Gasteiger partial charge in [0.25, 0.3) is 0 Å². The van der Waals surface area contributed by atoms with Crippen LogP contribution in [0.4, 0.5) is 10.5 Å². The van der Waals surface area contributed by atoms with Crippen LogP contribution in [0, 0.1) is 0 Å². The quantitative estimate of drug-likeness (QED) is 0.776.